The number of alkyl halides is 3. The molecular formula is C23H16F3N3OS. The van der Waals surface area contributed by atoms with E-state index in [2.05, 4.69) is 10.3 Å². The summed E-state index contributed by atoms with van der Waals surface area (Å²) in [5.74, 6) is -0.370. The van der Waals surface area contributed by atoms with E-state index in [4.69, 9.17) is 12.2 Å². The molecule has 8 heteroatoms. The number of benzene rings is 3. The van der Waals surface area contributed by atoms with Crippen molar-refractivity contribution in [2.45, 2.75) is 6.18 Å². The van der Waals surface area contributed by atoms with Gasteiger partial charge >= 0.3 is 6.18 Å². The van der Waals surface area contributed by atoms with Gasteiger partial charge in [-0.25, -0.2) is 0 Å². The molecule has 0 aliphatic rings. The lowest BCUT2D eigenvalue weighted by Crippen LogP contribution is -2.13. The molecule has 0 bridgehead atoms. The van der Waals surface area contributed by atoms with E-state index in [1.54, 1.807) is 59.4 Å². The monoisotopic (exact) mass is 439 g/mol. The number of aromatic amines is 1. The molecule has 0 unspecified atom stereocenters. The average molecular weight is 439 g/mol. The highest BCUT2D eigenvalue weighted by Crippen LogP contribution is 2.32. The van der Waals surface area contributed by atoms with Gasteiger partial charge in [0, 0.05) is 29.3 Å². The lowest BCUT2D eigenvalue weighted by molar-refractivity contribution is -0.137. The van der Waals surface area contributed by atoms with Crippen LogP contribution in [0, 0.1) is 4.77 Å². The first-order valence-electron chi connectivity index (χ1n) is 9.27. The molecule has 4 aromatic rings. The first kappa shape index (κ1) is 20.6. The zero-order valence-electron chi connectivity index (χ0n) is 16.0. The summed E-state index contributed by atoms with van der Waals surface area (Å²) in [6, 6.07) is 18.7. The van der Waals surface area contributed by atoms with E-state index in [0.717, 1.165) is 17.8 Å². The molecule has 4 rings (SSSR count). The number of nitrogens with zero attached hydrogens (tertiary/aromatic N) is 1. The SMILES string of the molecule is O=C(Nc1cccc(-n2cc[nH]c2=S)c1)c1ccccc1-c1ccc(C(F)(F)F)cc1. The van der Waals surface area contributed by atoms with Crippen LogP contribution in [0.4, 0.5) is 18.9 Å². The first-order valence-corrected chi connectivity index (χ1v) is 9.68. The Hall–Kier alpha value is -3.65. The van der Waals surface area contributed by atoms with Gasteiger partial charge in [0.1, 0.15) is 0 Å². The minimum Gasteiger partial charge on any atom is -0.337 e. The van der Waals surface area contributed by atoms with Gasteiger partial charge in [0.2, 0.25) is 0 Å². The summed E-state index contributed by atoms with van der Waals surface area (Å²) >= 11 is 5.23. The van der Waals surface area contributed by atoms with Crippen LogP contribution < -0.4 is 5.32 Å². The topological polar surface area (TPSA) is 49.8 Å². The van der Waals surface area contributed by atoms with Crippen molar-refractivity contribution in [2.24, 2.45) is 0 Å². The molecule has 0 saturated carbocycles. The van der Waals surface area contributed by atoms with E-state index in [-0.39, 0.29) is 5.91 Å². The van der Waals surface area contributed by atoms with Crippen molar-refractivity contribution in [1.82, 2.24) is 9.55 Å². The number of hydrogen-bond acceptors (Lipinski definition) is 2. The first-order chi connectivity index (χ1) is 14.8. The van der Waals surface area contributed by atoms with E-state index in [1.165, 1.54) is 12.1 Å². The van der Waals surface area contributed by atoms with E-state index in [0.29, 0.717) is 27.1 Å². The molecule has 1 heterocycles. The number of imidazole rings is 1. The van der Waals surface area contributed by atoms with Crippen LogP contribution in [0.5, 0.6) is 0 Å². The molecule has 0 atom stereocenters. The molecule has 2 N–H and O–H groups in total. The molecular weight excluding hydrogens is 423 g/mol. The van der Waals surface area contributed by atoms with E-state index < -0.39 is 11.7 Å². The minimum atomic E-state index is -4.41. The van der Waals surface area contributed by atoms with Gasteiger partial charge in [0.25, 0.3) is 5.91 Å². The summed E-state index contributed by atoms with van der Waals surface area (Å²) in [5.41, 5.74) is 2.01. The van der Waals surface area contributed by atoms with Crippen molar-refractivity contribution in [2.75, 3.05) is 5.32 Å². The molecule has 0 spiro atoms. The Bertz CT molecular complexity index is 1290. The second-order valence-corrected chi connectivity index (χ2v) is 7.15. The summed E-state index contributed by atoms with van der Waals surface area (Å²) in [6.07, 6.45) is -0.917. The van der Waals surface area contributed by atoms with Crippen LogP contribution in [-0.4, -0.2) is 15.5 Å². The predicted octanol–water partition coefficient (Wildman–Crippen LogP) is 6.47. The van der Waals surface area contributed by atoms with Crippen LogP contribution in [0.2, 0.25) is 0 Å². The number of aromatic nitrogens is 2. The van der Waals surface area contributed by atoms with Gasteiger partial charge in [-0.3, -0.25) is 9.36 Å². The lowest BCUT2D eigenvalue weighted by atomic mass is 9.98. The highest BCUT2D eigenvalue weighted by molar-refractivity contribution is 7.71. The summed E-state index contributed by atoms with van der Waals surface area (Å²) in [7, 11) is 0. The molecule has 1 amide bonds. The fraction of sp³-hybridized carbons (Fsp3) is 0.0435. The second kappa shape index (κ2) is 8.23. The number of carbonyl (C=O) groups excluding carboxylic acids is 1. The van der Waals surface area contributed by atoms with Crippen LogP contribution in [0.25, 0.3) is 16.8 Å². The number of H-pyrrole nitrogens is 1. The van der Waals surface area contributed by atoms with Crippen molar-refractivity contribution in [3.8, 4) is 16.8 Å². The van der Waals surface area contributed by atoms with Crippen molar-refractivity contribution in [3.05, 3.63) is 101 Å². The van der Waals surface area contributed by atoms with Gasteiger partial charge in [-0.15, -0.1) is 0 Å². The van der Waals surface area contributed by atoms with Gasteiger partial charge < -0.3 is 10.3 Å². The summed E-state index contributed by atoms with van der Waals surface area (Å²) in [5, 5.41) is 2.85. The number of hydrogen-bond donors (Lipinski definition) is 2. The van der Waals surface area contributed by atoms with Crippen LogP contribution >= 0.6 is 12.2 Å². The van der Waals surface area contributed by atoms with Gasteiger partial charge in [0.05, 0.1) is 5.56 Å². The Labute approximate surface area is 181 Å². The Kier molecular flexibility index (Phi) is 5.48. The van der Waals surface area contributed by atoms with Crippen LogP contribution in [0.1, 0.15) is 15.9 Å². The predicted molar refractivity (Wildman–Crippen MR) is 116 cm³/mol. The van der Waals surface area contributed by atoms with Crippen molar-refractivity contribution in [1.29, 1.82) is 0 Å². The standard InChI is InChI=1S/C23H16F3N3OS/c24-23(25,26)16-10-8-15(9-11-16)19-6-1-2-7-20(19)21(30)28-17-4-3-5-18(14-17)29-13-12-27-22(29)31/h1-14H,(H,27,31)(H,28,30). The number of amides is 1. The largest absolute Gasteiger partial charge is 0.416 e. The third-order valence-corrected chi connectivity index (χ3v) is 5.04. The second-order valence-electron chi connectivity index (χ2n) is 6.76. The molecule has 156 valence electrons. The molecule has 0 aliphatic carbocycles. The normalized spacial score (nSPS) is 11.3. The van der Waals surface area contributed by atoms with Gasteiger partial charge in [-0.1, -0.05) is 36.4 Å². The number of nitrogens with one attached hydrogen (secondary N) is 2. The lowest BCUT2D eigenvalue weighted by Gasteiger charge is -2.13. The van der Waals surface area contributed by atoms with Crippen LogP contribution in [0.3, 0.4) is 0 Å². The van der Waals surface area contributed by atoms with Crippen LogP contribution in [-0.2, 0) is 6.18 Å². The maximum Gasteiger partial charge on any atom is 0.416 e. The van der Waals surface area contributed by atoms with Gasteiger partial charge in [-0.05, 0) is 59.7 Å². The van der Waals surface area contributed by atoms with E-state index in [9.17, 15) is 18.0 Å². The molecule has 0 aliphatic heterocycles. The maximum absolute atomic E-state index is 13.0. The Morgan fingerprint density at radius 1 is 0.968 bits per heavy atom. The van der Waals surface area contributed by atoms with Gasteiger partial charge in [0.15, 0.2) is 4.77 Å². The van der Waals surface area contributed by atoms with E-state index in [1.807, 2.05) is 6.07 Å². The number of halogens is 3. The Balaban J connectivity index is 1.62. The number of carbonyl (C=O) groups is 1. The third-order valence-electron chi connectivity index (χ3n) is 4.73. The van der Waals surface area contributed by atoms with Crippen LogP contribution in [0.15, 0.2) is 85.2 Å². The highest BCUT2D eigenvalue weighted by Gasteiger charge is 2.30. The molecule has 0 fully saturated rings. The molecule has 1 aromatic heterocycles. The molecule has 3 aromatic carbocycles. The number of anilines is 1. The summed E-state index contributed by atoms with van der Waals surface area (Å²) in [6.45, 7) is 0. The maximum atomic E-state index is 13.0. The molecule has 0 saturated heterocycles. The molecule has 4 nitrogen and oxygen atoms in total. The quantitative estimate of drug-likeness (QED) is 0.358. The third kappa shape index (κ3) is 4.44. The molecule has 31 heavy (non-hydrogen) atoms. The Morgan fingerprint density at radius 3 is 2.39 bits per heavy atom. The fourth-order valence-electron chi connectivity index (χ4n) is 3.23. The zero-order chi connectivity index (χ0) is 22.0. The average Bonchev–Trinajstić information content (AvgIpc) is 3.19. The Morgan fingerprint density at radius 2 is 1.71 bits per heavy atom. The van der Waals surface area contributed by atoms with E-state index >= 15 is 0 Å². The fourth-order valence-corrected chi connectivity index (χ4v) is 3.46. The smallest absolute Gasteiger partial charge is 0.337 e. The summed E-state index contributed by atoms with van der Waals surface area (Å²) in [4.78, 5) is 15.9. The molecule has 0 radical (unpaired) electrons. The van der Waals surface area contributed by atoms with Crippen molar-refractivity contribution in [3.63, 3.8) is 0 Å². The minimum absolute atomic E-state index is 0.353. The summed E-state index contributed by atoms with van der Waals surface area (Å²) < 4.78 is 40.9. The number of rotatable bonds is 4. The van der Waals surface area contributed by atoms with Crippen molar-refractivity contribution >= 4 is 23.8 Å². The van der Waals surface area contributed by atoms with Gasteiger partial charge in [-0.2, -0.15) is 13.2 Å². The van der Waals surface area contributed by atoms with Crippen molar-refractivity contribution < 1.29 is 18.0 Å². The highest BCUT2D eigenvalue weighted by atomic mass is 32.1. The zero-order valence-corrected chi connectivity index (χ0v) is 16.8.